The highest BCUT2D eigenvalue weighted by atomic mass is 16.5. The summed E-state index contributed by atoms with van der Waals surface area (Å²) in [5, 5.41) is 9.49. The van der Waals surface area contributed by atoms with Gasteiger partial charge in [-0.3, -0.25) is 14.8 Å². The number of hydrogen-bond acceptors (Lipinski definition) is 6. The Kier molecular flexibility index (Phi) is 3.83. The number of para-hydroxylation sites is 1. The third-order valence-corrected chi connectivity index (χ3v) is 3.65. The summed E-state index contributed by atoms with van der Waals surface area (Å²) in [5.74, 6) is -0.523. The van der Waals surface area contributed by atoms with E-state index in [-0.39, 0.29) is 22.9 Å². The lowest BCUT2D eigenvalue weighted by atomic mass is 9.84. The molecule has 1 unspecified atom stereocenters. The van der Waals surface area contributed by atoms with E-state index in [4.69, 9.17) is 15.2 Å². The molecule has 1 aliphatic heterocycles. The second-order valence-corrected chi connectivity index (χ2v) is 5.05. The van der Waals surface area contributed by atoms with Gasteiger partial charge in [-0.1, -0.05) is 18.2 Å². The van der Waals surface area contributed by atoms with Crippen molar-refractivity contribution in [2.45, 2.75) is 12.8 Å². The molecule has 0 radical (unpaired) electrons. The fourth-order valence-electron chi connectivity index (χ4n) is 2.71. The molecule has 2 aromatic rings. The highest BCUT2D eigenvalue weighted by Gasteiger charge is 2.35. The summed E-state index contributed by atoms with van der Waals surface area (Å²) >= 11 is 0. The van der Waals surface area contributed by atoms with Crippen molar-refractivity contribution in [2.75, 3.05) is 6.61 Å². The molecule has 8 nitrogen and oxygen atoms in total. The van der Waals surface area contributed by atoms with Crippen molar-refractivity contribution >= 4 is 0 Å². The molecule has 0 amide bonds. The fourth-order valence-corrected chi connectivity index (χ4v) is 2.71. The van der Waals surface area contributed by atoms with E-state index in [1.165, 1.54) is 0 Å². The number of allylic oxidation sites excluding steroid dienone is 1. The predicted octanol–water partition coefficient (Wildman–Crippen LogP) is 0.680. The SMILES string of the molecule is CCOc1ccccc1C1C(C#N)=C(N)Oc2[nH]c(=O)[nH]c(=O)c21. The lowest BCUT2D eigenvalue weighted by Crippen LogP contribution is -2.33. The Morgan fingerprint density at radius 3 is 2.79 bits per heavy atom. The van der Waals surface area contributed by atoms with Crippen LogP contribution in [0.2, 0.25) is 0 Å². The smallest absolute Gasteiger partial charge is 0.328 e. The molecule has 1 aromatic carbocycles. The topological polar surface area (TPSA) is 134 Å². The van der Waals surface area contributed by atoms with E-state index in [1.54, 1.807) is 24.3 Å². The van der Waals surface area contributed by atoms with Gasteiger partial charge >= 0.3 is 5.69 Å². The van der Waals surface area contributed by atoms with E-state index in [1.807, 2.05) is 13.0 Å². The predicted molar refractivity (Wildman–Crippen MR) is 84.6 cm³/mol. The molecule has 1 aromatic heterocycles. The molecule has 0 saturated carbocycles. The Hall–Kier alpha value is -3.47. The molecule has 24 heavy (non-hydrogen) atoms. The van der Waals surface area contributed by atoms with Gasteiger partial charge in [-0.05, 0) is 13.0 Å². The minimum atomic E-state index is -0.804. The van der Waals surface area contributed by atoms with Crippen LogP contribution in [0.3, 0.4) is 0 Å². The van der Waals surface area contributed by atoms with Gasteiger partial charge in [-0.25, -0.2) is 4.79 Å². The van der Waals surface area contributed by atoms with Crippen molar-refractivity contribution in [1.29, 1.82) is 5.26 Å². The molecular weight excluding hydrogens is 312 g/mol. The van der Waals surface area contributed by atoms with Gasteiger partial charge in [0, 0.05) is 5.56 Å². The zero-order chi connectivity index (χ0) is 17.3. The number of rotatable bonds is 3. The first-order valence-electron chi connectivity index (χ1n) is 7.22. The standard InChI is InChI=1S/C16H14N4O4/c1-2-23-10-6-4-3-5-8(10)11-9(7-17)13(18)24-15-12(11)14(21)19-16(22)20-15/h3-6,11H,2,18H2,1H3,(H2,19,20,21,22). The highest BCUT2D eigenvalue weighted by molar-refractivity contribution is 5.55. The maximum Gasteiger partial charge on any atom is 0.328 e. The van der Waals surface area contributed by atoms with Crippen LogP contribution in [0.25, 0.3) is 0 Å². The molecule has 4 N–H and O–H groups in total. The van der Waals surface area contributed by atoms with Crippen molar-refractivity contribution in [3.05, 3.63) is 67.7 Å². The van der Waals surface area contributed by atoms with Crippen LogP contribution in [0.15, 0.2) is 45.3 Å². The molecule has 0 fully saturated rings. The number of aromatic amines is 2. The van der Waals surface area contributed by atoms with Crippen LogP contribution in [0.1, 0.15) is 24.0 Å². The molecule has 0 saturated heterocycles. The first kappa shape index (κ1) is 15.4. The summed E-state index contributed by atoms with van der Waals surface area (Å²) in [7, 11) is 0. The largest absolute Gasteiger partial charge is 0.494 e. The Morgan fingerprint density at radius 1 is 1.33 bits per heavy atom. The molecule has 0 spiro atoms. The number of fused-ring (bicyclic) bond motifs is 1. The van der Waals surface area contributed by atoms with Gasteiger partial charge in [0.2, 0.25) is 11.8 Å². The summed E-state index contributed by atoms with van der Waals surface area (Å²) in [6, 6.07) is 9.00. The summed E-state index contributed by atoms with van der Waals surface area (Å²) in [6.45, 7) is 2.24. The van der Waals surface area contributed by atoms with E-state index in [0.717, 1.165) is 0 Å². The maximum atomic E-state index is 12.3. The Balaban J connectivity index is 2.33. The van der Waals surface area contributed by atoms with Crippen LogP contribution < -0.4 is 26.5 Å². The minimum Gasteiger partial charge on any atom is -0.494 e. The van der Waals surface area contributed by atoms with Gasteiger partial charge in [0.05, 0.1) is 18.1 Å². The number of benzene rings is 1. The third kappa shape index (κ3) is 2.42. The first-order chi connectivity index (χ1) is 11.6. The zero-order valence-corrected chi connectivity index (χ0v) is 12.8. The van der Waals surface area contributed by atoms with Crippen molar-refractivity contribution in [3.63, 3.8) is 0 Å². The van der Waals surface area contributed by atoms with Gasteiger partial charge in [0.25, 0.3) is 5.56 Å². The summed E-state index contributed by atoms with van der Waals surface area (Å²) in [5.41, 5.74) is 5.21. The lowest BCUT2D eigenvalue weighted by molar-refractivity contribution is 0.333. The van der Waals surface area contributed by atoms with Gasteiger partial charge in [0.15, 0.2) is 0 Å². The normalized spacial score (nSPS) is 16.1. The average Bonchev–Trinajstić information content (AvgIpc) is 2.54. The van der Waals surface area contributed by atoms with Gasteiger partial charge < -0.3 is 15.2 Å². The lowest BCUT2D eigenvalue weighted by Gasteiger charge is -2.25. The highest BCUT2D eigenvalue weighted by Crippen LogP contribution is 2.41. The van der Waals surface area contributed by atoms with Gasteiger partial charge in [-0.15, -0.1) is 0 Å². The van der Waals surface area contributed by atoms with E-state index in [2.05, 4.69) is 9.97 Å². The molecule has 3 rings (SSSR count). The van der Waals surface area contributed by atoms with Crippen molar-refractivity contribution in [2.24, 2.45) is 5.73 Å². The van der Waals surface area contributed by atoms with Crippen molar-refractivity contribution in [1.82, 2.24) is 9.97 Å². The van der Waals surface area contributed by atoms with E-state index < -0.39 is 17.2 Å². The molecule has 0 aliphatic carbocycles. The third-order valence-electron chi connectivity index (χ3n) is 3.65. The average molecular weight is 326 g/mol. The molecule has 1 atom stereocenters. The van der Waals surface area contributed by atoms with Crippen molar-refractivity contribution in [3.8, 4) is 17.7 Å². The Morgan fingerprint density at radius 2 is 2.08 bits per heavy atom. The number of nitrogens with one attached hydrogen (secondary N) is 2. The van der Waals surface area contributed by atoms with Crippen LogP contribution in [0, 0.1) is 11.3 Å². The monoisotopic (exact) mass is 326 g/mol. The van der Waals surface area contributed by atoms with Crippen LogP contribution in [0.5, 0.6) is 11.6 Å². The number of H-pyrrole nitrogens is 2. The quantitative estimate of drug-likeness (QED) is 0.759. The number of nitrogens with two attached hydrogens (primary N) is 1. The minimum absolute atomic E-state index is 0.0726. The van der Waals surface area contributed by atoms with E-state index >= 15 is 0 Å². The molecule has 122 valence electrons. The maximum absolute atomic E-state index is 12.3. The number of aromatic nitrogens is 2. The summed E-state index contributed by atoms with van der Waals surface area (Å²) in [4.78, 5) is 28.4. The molecule has 0 bridgehead atoms. The van der Waals surface area contributed by atoms with Gasteiger partial charge in [0.1, 0.15) is 17.4 Å². The van der Waals surface area contributed by atoms with Crippen LogP contribution in [0.4, 0.5) is 0 Å². The zero-order valence-electron chi connectivity index (χ0n) is 12.8. The molecule has 1 aliphatic rings. The van der Waals surface area contributed by atoms with Gasteiger partial charge in [-0.2, -0.15) is 5.26 Å². The second-order valence-electron chi connectivity index (χ2n) is 5.05. The number of ether oxygens (including phenoxy) is 2. The van der Waals surface area contributed by atoms with Crippen LogP contribution >= 0.6 is 0 Å². The number of nitrogens with zero attached hydrogens (tertiary/aromatic N) is 1. The Labute approximate surface area is 136 Å². The Bertz CT molecular complexity index is 981. The number of hydrogen-bond donors (Lipinski definition) is 3. The molecule has 8 heteroatoms. The molecular formula is C16H14N4O4. The van der Waals surface area contributed by atoms with Crippen molar-refractivity contribution < 1.29 is 9.47 Å². The van der Waals surface area contributed by atoms with E-state index in [9.17, 15) is 14.9 Å². The first-order valence-corrected chi connectivity index (χ1v) is 7.22. The second kappa shape index (κ2) is 5.96. The number of nitriles is 1. The van der Waals surface area contributed by atoms with E-state index in [0.29, 0.717) is 17.9 Å². The summed E-state index contributed by atoms with van der Waals surface area (Å²) < 4.78 is 10.9. The van der Waals surface area contributed by atoms with Crippen LogP contribution in [-0.2, 0) is 0 Å². The van der Waals surface area contributed by atoms with Crippen LogP contribution in [-0.4, -0.2) is 16.6 Å². The molecule has 2 heterocycles. The fraction of sp³-hybridized carbons (Fsp3) is 0.188. The summed E-state index contributed by atoms with van der Waals surface area (Å²) in [6.07, 6.45) is 0.